The van der Waals surface area contributed by atoms with Crippen LogP contribution in [0.2, 0.25) is 0 Å². The van der Waals surface area contributed by atoms with Crippen LogP contribution in [-0.4, -0.2) is 56.4 Å². The van der Waals surface area contributed by atoms with Gasteiger partial charge in [0.2, 0.25) is 0 Å². The van der Waals surface area contributed by atoms with Crippen molar-refractivity contribution in [2.45, 2.75) is 13.0 Å². The molecule has 6 heteroatoms. The number of rotatable bonds is 2. The van der Waals surface area contributed by atoms with Gasteiger partial charge in [0.25, 0.3) is 0 Å². The fourth-order valence-electron chi connectivity index (χ4n) is 1.37. The molecule has 0 aromatic heterocycles. The van der Waals surface area contributed by atoms with Crippen LogP contribution in [-0.2, 0) is 14.3 Å². The first-order chi connectivity index (χ1) is 7.19. The summed E-state index contributed by atoms with van der Waals surface area (Å²) in [4.78, 5) is 24.2. The normalized spacial score (nSPS) is 20.9. The van der Waals surface area contributed by atoms with Crippen LogP contribution in [0.15, 0.2) is 0 Å². The number of carbonyl (C=O) groups excluding carboxylic acids is 2. The van der Waals surface area contributed by atoms with Crippen molar-refractivity contribution < 1.29 is 19.1 Å². The van der Waals surface area contributed by atoms with Crippen LogP contribution in [0.25, 0.3) is 0 Å². The molecule has 1 atom stereocenters. The molecule has 1 N–H and O–H groups in total. The zero-order valence-electron chi connectivity index (χ0n) is 8.99. The number of urea groups is 1. The van der Waals surface area contributed by atoms with E-state index >= 15 is 0 Å². The van der Waals surface area contributed by atoms with Gasteiger partial charge >= 0.3 is 12.0 Å². The highest BCUT2D eigenvalue weighted by Crippen LogP contribution is 2.06. The van der Waals surface area contributed by atoms with Gasteiger partial charge in [-0.25, -0.2) is 9.59 Å². The third-order valence-corrected chi connectivity index (χ3v) is 2.15. The van der Waals surface area contributed by atoms with E-state index in [0.29, 0.717) is 19.7 Å². The fourth-order valence-corrected chi connectivity index (χ4v) is 1.37. The number of esters is 1. The number of amides is 2. The number of hydrogen-bond acceptors (Lipinski definition) is 4. The maximum atomic E-state index is 11.5. The molecule has 2 amide bonds. The van der Waals surface area contributed by atoms with Gasteiger partial charge in [0, 0.05) is 13.1 Å². The summed E-state index contributed by atoms with van der Waals surface area (Å²) in [5, 5.41) is 2.67. The van der Waals surface area contributed by atoms with Crippen molar-refractivity contribution in [3.05, 3.63) is 0 Å². The van der Waals surface area contributed by atoms with Crippen LogP contribution in [0.1, 0.15) is 6.92 Å². The SMILES string of the molecule is CCNC(=O)N1CCOC(C(=O)OC)C1. The zero-order valence-corrected chi connectivity index (χ0v) is 8.99. The standard InChI is InChI=1S/C9H16N2O4/c1-3-10-9(13)11-4-5-15-7(6-11)8(12)14-2/h7H,3-6H2,1-2H3,(H,10,13). The highest BCUT2D eigenvalue weighted by Gasteiger charge is 2.29. The second-order valence-corrected chi connectivity index (χ2v) is 3.16. The molecular formula is C9H16N2O4. The summed E-state index contributed by atoms with van der Waals surface area (Å²) in [7, 11) is 1.30. The molecule has 0 aromatic carbocycles. The molecule has 1 saturated heterocycles. The highest BCUT2D eigenvalue weighted by molar-refractivity contribution is 5.78. The van der Waals surface area contributed by atoms with E-state index in [2.05, 4.69) is 10.1 Å². The second kappa shape index (κ2) is 5.55. The zero-order chi connectivity index (χ0) is 11.3. The van der Waals surface area contributed by atoms with Gasteiger partial charge in [0.1, 0.15) is 0 Å². The number of nitrogens with zero attached hydrogens (tertiary/aromatic N) is 1. The summed E-state index contributed by atoms with van der Waals surface area (Å²) in [5.74, 6) is -0.441. The molecule has 1 aliphatic heterocycles. The predicted octanol–water partition coefficient (Wildman–Crippen LogP) is -0.410. The van der Waals surface area contributed by atoms with Crippen molar-refractivity contribution in [1.29, 1.82) is 0 Å². The minimum Gasteiger partial charge on any atom is -0.467 e. The first kappa shape index (κ1) is 11.8. The monoisotopic (exact) mass is 216 g/mol. The van der Waals surface area contributed by atoms with Gasteiger partial charge in [-0.3, -0.25) is 0 Å². The van der Waals surface area contributed by atoms with Gasteiger partial charge in [0.05, 0.1) is 20.3 Å². The third kappa shape index (κ3) is 3.09. The van der Waals surface area contributed by atoms with E-state index in [4.69, 9.17) is 4.74 Å². The van der Waals surface area contributed by atoms with E-state index in [1.807, 2.05) is 6.92 Å². The molecule has 86 valence electrons. The Morgan fingerprint density at radius 1 is 1.60 bits per heavy atom. The Morgan fingerprint density at radius 2 is 2.33 bits per heavy atom. The van der Waals surface area contributed by atoms with Crippen LogP contribution in [0.3, 0.4) is 0 Å². The van der Waals surface area contributed by atoms with Crippen molar-refractivity contribution in [3.63, 3.8) is 0 Å². The molecule has 0 spiro atoms. The van der Waals surface area contributed by atoms with Crippen LogP contribution in [0, 0.1) is 0 Å². The summed E-state index contributed by atoms with van der Waals surface area (Å²) >= 11 is 0. The van der Waals surface area contributed by atoms with E-state index in [-0.39, 0.29) is 12.6 Å². The van der Waals surface area contributed by atoms with Crippen molar-refractivity contribution >= 4 is 12.0 Å². The Bertz CT molecular complexity index is 244. The summed E-state index contributed by atoms with van der Waals surface area (Å²) in [6, 6.07) is -0.172. The first-order valence-electron chi connectivity index (χ1n) is 4.91. The number of nitrogens with one attached hydrogen (secondary N) is 1. The summed E-state index contributed by atoms with van der Waals surface area (Å²) < 4.78 is 9.75. The summed E-state index contributed by atoms with van der Waals surface area (Å²) in [6.45, 7) is 3.52. The number of ether oxygens (including phenoxy) is 2. The first-order valence-corrected chi connectivity index (χ1v) is 4.91. The number of carbonyl (C=O) groups is 2. The van der Waals surface area contributed by atoms with Crippen LogP contribution in [0.4, 0.5) is 4.79 Å². The smallest absolute Gasteiger partial charge is 0.336 e. The molecule has 0 aromatic rings. The Morgan fingerprint density at radius 3 is 2.93 bits per heavy atom. The molecule has 1 aliphatic rings. The molecule has 0 saturated carbocycles. The molecular weight excluding hydrogens is 200 g/mol. The Kier molecular flexibility index (Phi) is 4.36. The molecule has 1 heterocycles. The average Bonchev–Trinajstić information content (AvgIpc) is 2.28. The van der Waals surface area contributed by atoms with Crippen molar-refractivity contribution in [1.82, 2.24) is 10.2 Å². The number of hydrogen-bond donors (Lipinski definition) is 1. The van der Waals surface area contributed by atoms with Gasteiger partial charge in [-0.15, -0.1) is 0 Å². The third-order valence-electron chi connectivity index (χ3n) is 2.15. The van der Waals surface area contributed by atoms with Crippen LogP contribution in [0.5, 0.6) is 0 Å². The van der Waals surface area contributed by atoms with Crippen LogP contribution >= 0.6 is 0 Å². The lowest BCUT2D eigenvalue weighted by atomic mass is 10.3. The van der Waals surface area contributed by atoms with E-state index in [9.17, 15) is 9.59 Å². The number of methoxy groups -OCH3 is 1. The molecule has 1 rings (SSSR count). The van der Waals surface area contributed by atoms with Crippen molar-refractivity contribution in [2.75, 3.05) is 33.4 Å². The summed E-state index contributed by atoms with van der Waals surface area (Å²) in [5.41, 5.74) is 0. The van der Waals surface area contributed by atoms with Gasteiger partial charge in [0.15, 0.2) is 6.10 Å². The minimum absolute atomic E-state index is 0.172. The summed E-state index contributed by atoms with van der Waals surface area (Å²) in [6.07, 6.45) is -0.661. The van der Waals surface area contributed by atoms with E-state index in [1.165, 1.54) is 7.11 Å². The second-order valence-electron chi connectivity index (χ2n) is 3.16. The molecule has 15 heavy (non-hydrogen) atoms. The van der Waals surface area contributed by atoms with Crippen molar-refractivity contribution in [3.8, 4) is 0 Å². The lowest BCUT2D eigenvalue weighted by Crippen LogP contribution is -2.51. The fraction of sp³-hybridized carbons (Fsp3) is 0.778. The molecule has 0 aliphatic carbocycles. The lowest BCUT2D eigenvalue weighted by Gasteiger charge is -2.31. The molecule has 6 nitrogen and oxygen atoms in total. The van der Waals surface area contributed by atoms with E-state index in [1.54, 1.807) is 4.90 Å². The van der Waals surface area contributed by atoms with Gasteiger partial charge in [-0.05, 0) is 6.92 Å². The Labute approximate surface area is 88.5 Å². The maximum absolute atomic E-state index is 11.5. The van der Waals surface area contributed by atoms with Gasteiger partial charge < -0.3 is 19.7 Å². The molecule has 0 radical (unpaired) electrons. The highest BCUT2D eigenvalue weighted by atomic mass is 16.6. The largest absolute Gasteiger partial charge is 0.467 e. The molecule has 1 unspecified atom stereocenters. The topological polar surface area (TPSA) is 67.9 Å². The predicted molar refractivity (Wildman–Crippen MR) is 52.4 cm³/mol. The van der Waals surface area contributed by atoms with Crippen molar-refractivity contribution in [2.24, 2.45) is 0 Å². The van der Waals surface area contributed by atoms with E-state index in [0.717, 1.165) is 0 Å². The quantitative estimate of drug-likeness (QED) is 0.637. The minimum atomic E-state index is -0.661. The van der Waals surface area contributed by atoms with Crippen LogP contribution < -0.4 is 5.32 Å². The Hall–Kier alpha value is -1.30. The van der Waals surface area contributed by atoms with Gasteiger partial charge in [-0.2, -0.15) is 0 Å². The molecule has 0 bridgehead atoms. The Balaban J connectivity index is 2.48. The number of morpholine rings is 1. The maximum Gasteiger partial charge on any atom is 0.336 e. The average molecular weight is 216 g/mol. The lowest BCUT2D eigenvalue weighted by molar-refractivity contribution is -0.158. The van der Waals surface area contributed by atoms with Gasteiger partial charge in [-0.1, -0.05) is 0 Å². The van der Waals surface area contributed by atoms with E-state index < -0.39 is 12.1 Å². The molecule has 1 fully saturated rings.